The molecule has 0 bridgehead atoms. The van der Waals surface area contributed by atoms with E-state index < -0.39 is 75.7 Å². The SMILES string of the molecule is CC/C=C/C=C/C=C/C=C/C=C/CCCC(=O)OC(COC(=O)CCCCCCCCCCCCCCCCCC)COP(=O)(O)OC1C(O)C(O)C(O)[C@H](O)C1O. The second-order valence-electron chi connectivity index (χ2n) is 14.9. The Labute approximate surface area is 347 Å². The normalized spacial score (nSPS) is 23.1. The van der Waals surface area contributed by atoms with Crippen LogP contribution in [0.1, 0.15) is 149 Å². The lowest BCUT2D eigenvalue weighted by molar-refractivity contribution is -0.220. The molecule has 0 aromatic rings. The summed E-state index contributed by atoms with van der Waals surface area (Å²) in [7, 11) is -5.13. The Morgan fingerprint density at radius 1 is 0.552 bits per heavy atom. The number of hydrogen-bond acceptors (Lipinski definition) is 12. The molecule has 0 heterocycles. The highest BCUT2D eigenvalue weighted by molar-refractivity contribution is 7.47. The summed E-state index contributed by atoms with van der Waals surface area (Å²) in [5.74, 6) is -1.19. The second kappa shape index (κ2) is 34.3. The molecule has 334 valence electrons. The maximum Gasteiger partial charge on any atom is 0.472 e. The zero-order valence-corrected chi connectivity index (χ0v) is 36.0. The van der Waals surface area contributed by atoms with Gasteiger partial charge in [-0.3, -0.25) is 18.6 Å². The molecule has 1 fully saturated rings. The molecule has 0 spiro atoms. The molecule has 0 amide bonds. The van der Waals surface area contributed by atoms with Gasteiger partial charge in [-0.05, 0) is 25.7 Å². The van der Waals surface area contributed by atoms with Gasteiger partial charge in [-0.25, -0.2) is 4.57 Å². The Kier molecular flexibility index (Phi) is 31.7. The Morgan fingerprint density at radius 2 is 0.983 bits per heavy atom. The van der Waals surface area contributed by atoms with Gasteiger partial charge in [0.1, 0.15) is 43.2 Å². The van der Waals surface area contributed by atoms with E-state index >= 15 is 0 Å². The predicted molar refractivity (Wildman–Crippen MR) is 226 cm³/mol. The van der Waals surface area contributed by atoms with E-state index in [-0.39, 0.29) is 12.8 Å². The average Bonchev–Trinajstić information content (AvgIpc) is 3.20. The van der Waals surface area contributed by atoms with E-state index in [4.69, 9.17) is 18.5 Å². The lowest BCUT2D eigenvalue weighted by Crippen LogP contribution is -2.64. The van der Waals surface area contributed by atoms with E-state index in [1.54, 1.807) is 0 Å². The first-order chi connectivity index (χ1) is 27.9. The highest BCUT2D eigenvalue weighted by atomic mass is 31.2. The van der Waals surface area contributed by atoms with Crippen LogP contribution >= 0.6 is 7.82 Å². The molecule has 58 heavy (non-hydrogen) atoms. The van der Waals surface area contributed by atoms with Crippen LogP contribution in [0.15, 0.2) is 60.8 Å². The second-order valence-corrected chi connectivity index (χ2v) is 16.4. The Morgan fingerprint density at radius 3 is 1.48 bits per heavy atom. The van der Waals surface area contributed by atoms with Crippen LogP contribution in [0, 0.1) is 0 Å². The molecule has 13 nitrogen and oxygen atoms in total. The predicted octanol–water partition coefficient (Wildman–Crippen LogP) is 7.77. The average molecular weight is 843 g/mol. The van der Waals surface area contributed by atoms with Crippen LogP contribution in [0.25, 0.3) is 0 Å². The number of aliphatic hydroxyl groups is 5. The van der Waals surface area contributed by atoms with Crippen molar-refractivity contribution in [3.05, 3.63) is 60.8 Å². The fourth-order valence-electron chi connectivity index (χ4n) is 6.26. The van der Waals surface area contributed by atoms with Gasteiger partial charge in [0.05, 0.1) is 6.61 Å². The summed E-state index contributed by atoms with van der Waals surface area (Å²) in [6, 6.07) is 0. The molecule has 0 aromatic carbocycles. The molecule has 6 N–H and O–H groups in total. The van der Waals surface area contributed by atoms with Crippen molar-refractivity contribution >= 4 is 19.8 Å². The third-order valence-corrected chi connectivity index (χ3v) is 10.7. The molecule has 7 unspecified atom stereocenters. The van der Waals surface area contributed by atoms with Crippen molar-refractivity contribution in [2.24, 2.45) is 0 Å². The molecule has 8 atom stereocenters. The maximum atomic E-state index is 12.8. The molecule has 1 rings (SSSR count). The van der Waals surface area contributed by atoms with Crippen LogP contribution < -0.4 is 0 Å². The number of phosphoric ester groups is 1. The molecular formula is C44H75O13P. The summed E-state index contributed by atoms with van der Waals surface area (Å²) in [4.78, 5) is 35.6. The molecule has 0 aliphatic heterocycles. The summed E-state index contributed by atoms with van der Waals surface area (Å²) in [6.45, 7) is 3.08. The van der Waals surface area contributed by atoms with E-state index in [9.17, 15) is 44.6 Å². The minimum atomic E-state index is -5.13. The number of hydrogen-bond donors (Lipinski definition) is 6. The van der Waals surface area contributed by atoms with E-state index in [2.05, 4.69) is 19.9 Å². The van der Waals surface area contributed by atoms with Crippen LogP contribution in [0.3, 0.4) is 0 Å². The molecule has 1 aliphatic carbocycles. The lowest BCUT2D eigenvalue weighted by atomic mass is 9.85. The molecule has 0 aromatic heterocycles. The van der Waals surface area contributed by atoms with Crippen LogP contribution in [-0.2, 0) is 32.7 Å². The summed E-state index contributed by atoms with van der Waals surface area (Å²) in [6.07, 6.45) is 27.3. The number of aliphatic hydroxyl groups excluding tert-OH is 5. The quantitative estimate of drug-likeness (QED) is 0.0159. The van der Waals surface area contributed by atoms with Crippen molar-refractivity contribution in [3.8, 4) is 0 Å². The molecular weight excluding hydrogens is 767 g/mol. The third kappa shape index (κ3) is 26.6. The smallest absolute Gasteiger partial charge is 0.462 e. The van der Waals surface area contributed by atoms with E-state index in [0.29, 0.717) is 19.3 Å². The van der Waals surface area contributed by atoms with Crippen molar-refractivity contribution in [1.82, 2.24) is 0 Å². The Balaban J connectivity index is 2.52. The van der Waals surface area contributed by atoms with Crippen molar-refractivity contribution < 1.29 is 63.1 Å². The topological polar surface area (TPSA) is 210 Å². The fourth-order valence-corrected chi connectivity index (χ4v) is 7.23. The van der Waals surface area contributed by atoms with Gasteiger partial charge in [-0.1, -0.05) is 171 Å². The van der Waals surface area contributed by atoms with Gasteiger partial charge >= 0.3 is 19.8 Å². The van der Waals surface area contributed by atoms with Crippen molar-refractivity contribution in [1.29, 1.82) is 0 Å². The number of unbranched alkanes of at least 4 members (excludes halogenated alkanes) is 16. The van der Waals surface area contributed by atoms with Crippen LogP contribution in [0.4, 0.5) is 0 Å². The van der Waals surface area contributed by atoms with E-state index in [1.165, 1.54) is 77.0 Å². The molecule has 14 heteroatoms. The van der Waals surface area contributed by atoms with E-state index in [0.717, 1.165) is 25.7 Å². The van der Waals surface area contributed by atoms with Gasteiger partial charge in [-0.2, -0.15) is 0 Å². The van der Waals surface area contributed by atoms with Gasteiger partial charge < -0.3 is 39.9 Å². The highest BCUT2D eigenvalue weighted by Gasteiger charge is 2.51. The zero-order chi connectivity index (χ0) is 42.9. The number of rotatable bonds is 34. The molecule has 0 radical (unpaired) electrons. The standard InChI is InChI=1S/C44H75O13P/c1-3-5-7-9-11-13-15-17-18-19-21-22-24-26-28-30-32-37(45)54-34-36(35-55-58(52,53)57-44-42(50)40(48)39(47)41(49)43(44)51)56-38(46)33-31-29-27-25-23-20-16-14-12-10-8-6-4-2/h6,8,10,12,14,16,20,23,25,27,36,39-44,47-51H,3-5,7,9,11,13,15,17-19,21-22,24,26,28-35H2,1-2H3,(H,52,53)/b8-6+,12-10+,16-14+,23-20+,27-25+/t36?,39?,40-,41?,42?,43?,44?/m0/s1. The third-order valence-electron chi connectivity index (χ3n) is 9.75. The van der Waals surface area contributed by atoms with Gasteiger partial charge in [0, 0.05) is 12.8 Å². The van der Waals surface area contributed by atoms with Gasteiger partial charge in [0.25, 0.3) is 0 Å². The fraction of sp³-hybridized carbons (Fsp3) is 0.727. The molecule has 1 saturated carbocycles. The summed E-state index contributed by atoms with van der Waals surface area (Å²) >= 11 is 0. The summed E-state index contributed by atoms with van der Waals surface area (Å²) < 4.78 is 33.4. The Hall–Kier alpha value is -2.45. The summed E-state index contributed by atoms with van der Waals surface area (Å²) in [5.41, 5.74) is 0. The first kappa shape index (κ1) is 53.6. The lowest BCUT2D eigenvalue weighted by Gasteiger charge is -2.41. The number of carbonyl (C=O) groups is 2. The highest BCUT2D eigenvalue weighted by Crippen LogP contribution is 2.47. The first-order valence-electron chi connectivity index (χ1n) is 21.7. The Bertz CT molecular complexity index is 1250. The van der Waals surface area contributed by atoms with Crippen LogP contribution in [-0.4, -0.2) is 98.3 Å². The minimum absolute atomic E-state index is 0.000479. The number of allylic oxidation sites excluding steroid dienone is 10. The zero-order valence-electron chi connectivity index (χ0n) is 35.1. The van der Waals surface area contributed by atoms with Crippen molar-refractivity contribution in [2.45, 2.75) is 191 Å². The maximum absolute atomic E-state index is 12.8. The van der Waals surface area contributed by atoms with Crippen molar-refractivity contribution in [3.63, 3.8) is 0 Å². The largest absolute Gasteiger partial charge is 0.472 e. The monoisotopic (exact) mass is 842 g/mol. The number of phosphoric acid groups is 1. The summed E-state index contributed by atoms with van der Waals surface area (Å²) in [5, 5.41) is 50.0. The number of ether oxygens (including phenoxy) is 2. The first-order valence-corrected chi connectivity index (χ1v) is 23.2. The molecule has 1 aliphatic rings. The number of esters is 2. The van der Waals surface area contributed by atoms with Gasteiger partial charge in [0.2, 0.25) is 0 Å². The molecule has 0 saturated heterocycles. The van der Waals surface area contributed by atoms with Gasteiger partial charge in [-0.15, -0.1) is 0 Å². The van der Waals surface area contributed by atoms with Crippen LogP contribution in [0.5, 0.6) is 0 Å². The van der Waals surface area contributed by atoms with Gasteiger partial charge in [0.15, 0.2) is 6.10 Å². The number of carbonyl (C=O) groups excluding carboxylic acids is 2. The van der Waals surface area contributed by atoms with E-state index in [1.807, 2.05) is 54.7 Å². The minimum Gasteiger partial charge on any atom is -0.462 e. The van der Waals surface area contributed by atoms with Crippen LogP contribution in [0.2, 0.25) is 0 Å². The van der Waals surface area contributed by atoms with Crippen molar-refractivity contribution in [2.75, 3.05) is 13.2 Å².